The number of fused-ring (bicyclic) bond motifs is 1. The van der Waals surface area contributed by atoms with Gasteiger partial charge in [-0.3, -0.25) is 0 Å². The van der Waals surface area contributed by atoms with Crippen LogP contribution in [0.4, 0.5) is 13.2 Å². The zero-order chi connectivity index (χ0) is 11.8. The molecule has 88 valence electrons. The van der Waals surface area contributed by atoms with Crippen LogP contribution in [0.3, 0.4) is 0 Å². The molecule has 0 bridgehead atoms. The Hall–Kier alpha value is -1.07. The van der Waals surface area contributed by atoms with E-state index in [0.29, 0.717) is 12.0 Å². The van der Waals surface area contributed by atoms with E-state index in [-0.39, 0.29) is 0 Å². The smallest absolute Gasteiger partial charge is 0.386 e. The van der Waals surface area contributed by atoms with E-state index in [0.717, 1.165) is 5.56 Å². The molecule has 2 nitrogen and oxygen atoms in total. The third-order valence-electron chi connectivity index (χ3n) is 2.61. The van der Waals surface area contributed by atoms with Gasteiger partial charge in [-0.1, -0.05) is 24.3 Å². The van der Waals surface area contributed by atoms with Crippen LogP contribution in [0.1, 0.15) is 17.2 Å². The Labute approximate surface area is 90.7 Å². The van der Waals surface area contributed by atoms with Crippen molar-refractivity contribution in [1.29, 1.82) is 0 Å². The second-order valence-electron chi connectivity index (χ2n) is 3.81. The summed E-state index contributed by atoms with van der Waals surface area (Å²) in [6.07, 6.45) is -5.78. The minimum atomic E-state index is -4.35. The zero-order valence-corrected chi connectivity index (χ0v) is 8.37. The van der Waals surface area contributed by atoms with Crippen molar-refractivity contribution in [2.75, 3.05) is 6.61 Å². The fraction of sp³-hybridized carbons (Fsp3) is 0.455. The highest BCUT2D eigenvalue weighted by Crippen LogP contribution is 2.33. The summed E-state index contributed by atoms with van der Waals surface area (Å²) in [6, 6.07) is 7.03. The lowest BCUT2D eigenvalue weighted by Crippen LogP contribution is -2.26. The second-order valence-corrected chi connectivity index (χ2v) is 3.81. The summed E-state index contributed by atoms with van der Waals surface area (Å²) in [6.45, 7) is -1.32. The Kier molecular flexibility index (Phi) is 2.90. The lowest BCUT2D eigenvalue weighted by Gasteiger charge is -2.17. The standard InChI is InChI=1S/C11H11F3O2/c12-11(13,14)6-16-9-5-7-3-1-2-4-8(7)10(9)15/h1-4,9-10,15H,5-6H2. The highest BCUT2D eigenvalue weighted by atomic mass is 19.4. The van der Waals surface area contributed by atoms with Crippen LogP contribution in [0, 0.1) is 0 Å². The van der Waals surface area contributed by atoms with E-state index < -0.39 is 25.0 Å². The van der Waals surface area contributed by atoms with E-state index in [4.69, 9.17) is 0 Å². The third kappa shape index (κ3) is 2.36. The minimum absolute atomic E-state index is 0.327. The van der Waals surface area contributed by atoms with Crippen LogP contribution in [0.25, 0.3) is 0 Å². The van der Waals surface area contributed by atoms with Crippen LogP contribution in [0.5, 0.6) is 0 Å². The summed E-state index contributed by atoms with van der Waals surface area (Å²) in [5.74, 6) is 0. The van der Waals surface area contributed by atoms with E-state index in [2.05, 4.69) is 4.74 Å². The summed E-state index contributed by atoms with van der Waals surface area (Å²) in [5, 5.41) is 9.75. The summed E-state index contributed by atoms with van der Waals surface area (Å²) < 4.78 is 40.6. The fourth-order valence-corrected chi connectivity index (χ4v) is 1.89. The maximum absolute atomic E-state index is 12.0. The first-order valence-electron chi connectivity index (χ1n) is 4.91. The molecule has 2 unspecified atom stereocenters. The minimum Gasteiger partial charge on any atom is -0.386 e. The maximum Gasteiger partial charge on any atom is 0.411 e. The quantitative estimate of drug-likeness (QED) is 0.847. The molecule has 0 saturated carbocycles. The van der Waals surface area contributed by atoms with Crippen LogP contribution >= 0.6 is 0 Å². The predicted molar refractivity (Wildman–Crippen MR) is 50.9 cm³/mol. The Balaban J connectivity index is 2.02. The second kappa shape index (κ2) is 4.07. The molecule has 2 atom stereocenters. The molecule has 1 aromatic carbocycles. The first-order chi connectivity index (χ1) is 7.47. The number of rotatable bonds is 2. The molecule has 0 amide bonds. The van der Waals surface area contributed by atoms with Crippen LogP contribution in [0.15, 0.2) is 24.3 Å². The van der Waals surface area contributed by atoms with E-state index in [9.17, 15) is 18.3 Å². The SMILES string of the molecule is OC1c2ccccc2CC1OCC(F)(F)F. The molecular formula is C11H11F3O2. The van der Waals surface area contributed by atoms with Gasteiger partial charge in [0, 0.05) is 6.42 Å². The summed E-state index contributed by atoms with van der Waals surface area (Å²) in [4.78, 5) is 0. The lowest BCUT2D eigenvalue weighted by atomic mass is 10.1. The van der Waals surface area contributed by atoms with Crippen LogP contribution in [0.2, 0.25) is 0 Å². The molecular weight excluding hydrogens is 221 g/mol. The summed E-state index contributed by atoms with van der Waals surface area (Å²) >= 11 is 0. The predicted octanol–water partition coefficient (Wildman–Crippen LogP) is 2.22. The van der Waals surface area contributed by atoms with Crippen molar-refractivity contribution in [2.45, 2.75) is 24.8 Å². The Morgan fingerprint density at radius 1 is 1.31 bits per heavy atom. The van der Waals surface area contributed by atoms with Crippen molar-refractivity contribution in [1.82, 2.24) is 0 Å². The monoisotopic (exact) mass is 232 g/mol. The van der Waals surface area contributed by atoms with Crippen LogP contribution in [-0.4, -0.2) is 24.0 Å². The largest absolute Gasteiger partial charge is 0.411 e. The van der Waals surface area contributed by atoms with Crippen molar-refractivity contribution in [3.8, 4) is 0 Å². The van der Waals surface area contributed by atoms with Gasteiger partial charge in [-0.25, -0.2) is 0 Å². The molecule has 1 aliphatic rings. The first kappa shape index (κ1) is 11.4. The maximum atomic E-state index is 12.0. The van der Waals surface area contributed by atoms with E-state index in [1.807, 2.05) is 0 Å². The average Bonchev–Trinajstić information content (AvgIpc) is 2.53. The van der Waals surface area contributed by atoms with Gasteiger partial charge in [-0.05, 0) is 11.1 Å². The van der Waals surface area contributed by atoms with Gasteiger partial charge in [0.25, 0.3) is 0 Å². The van der Waals surface area contributed by atoms with E-state index >= 15 is 0 Å². The van der Waals surface area contributed by atoms with Gasteiger partial charge in [-0.2, -0.15) is 13.2 Å². The molecule has 0 aliphatic heterocycles. The van der Waals surface area contributed by atoms with E-state index in [1.165, 1.54) is 0 Å². The van der Waals surface area contributed by atoms with E-state index in [1.54, 1.807) is 24.3 Å². The Morgan fingerprint density at radius 2 is 2.00 bits per heavy atom. The van der Waals surface area contributed by atoms with Gasteiger partial charge in [0.2, 0.25) is 0 Å². The Morgan fingerprint density at radius 3 is 2.62 bits per heavy atom. The lowest BCUT2D eigenvalue weighted by molar-refractivity contribution is -0.193. The number of ether oxygens (including phenoxy) is 1. The van der Waals surface area contributed by atoms with Crippen LogP contribution in [-0.2, 0) is 11.2 Å². The molecule has 1 aliphatic carbocycles. The molecule has 2 rings (SSSR count). The molecule has 0 heterocycles. The molecule has 1 aromatic rings. The first-order valence-corrected chi connectivity index (χ1v) is 4.91. The molecule has 0 fully saturated rings. The van der Waals surface area contributed by atoms with Crippen molar-refractivity contribution in [2.24, 2.45) is 0 Å². The average molecular weight is 232 g/mol. The fourth-order valence-electron chi connectivity index (χ4n) is 1.89. The van der Waals surface area contributed by atoms with Crippen molar-refractivity contribution >= 4 is 0 Å². The summed E-state index contributed by atoms with van der Waals surface area (Å²) in [7, 11) is 0. The Bertz CT molecular complexity index is 376. The highest BCUT2D eigenvalue weighted by Gasteiger charge is 2.35. The number of alkyl halides is 3. The molecule has 16 heavy (non-hydrogen) atoms. The number of aliphatic hydroxyl groups excluding tert-OH is 1. The molecule has 1 N–H and O–H groups in total. The number of halogens is 3. The normalized spacial score (nSPS) is 24.5. The third-order valence-corrected chi connectivity index (χ3v) is 2.61. The van der Waals surface area contributed by atoms with Crippen molar-refractivity contribution in [3.63, 3.8) is 0 Å². The number of aliphatic hydroxyl groups is 1. The van der Waals surface area contributed by atoms with Gasteiger partial charge in [-0.15, -0.1) is 0 Å². The molecule has 0 aromatic heterocycles. The number of hydrogen-bond donors (Lipinski definition) is 1. The van der Waals surface area contributed by atoms with Crippen molar-refractivity contribution < 1.29 is 23.0 Å². The highest BCUT2D eigenvalue weighted by molar-refractivity contribution is 5.35. The molecule has 5 heteroatoms. The molecule has 0 saturated heterocycles. The number of hydrogen-bond acceptors (Lipinski definition) is 2. The van der Waals surface area contributed by atoms with Crippen molar-refractivity contribution in [3.05, 3.63) is 35.4 Å². The van der Waals surface area contributed by atoms with Gasteiger partial charge >= 0.3 is 6.18 Å². The summed E-state index contributed by atoms with van der Waals surface area (Å²) in [5.41, 5.74) is 1.51. The van der Waals surface area contributed by atoms with Crippen LogP contribution < -0.4 is 0 Å². The topological polar surface area (TPSA) is 29.5 Å². The molecule has 0 spiro atoms. The van der Waals surface area contributed by atoms with Gasteiger partial charge in [0.15, 0.2) is 0 Å². The van der Waals surface area contributed by atoms with Gasteiger partial charge < -0.3 is 9.84 Å². The molecule has 0 radical (unpaired) electrons. The number of benzene rings is 1. The van der Waals surface area contributed by atoms with Gasteiger partial charge in [0.1, 0.15) is 12.7 Å². The van der Waals surface area contributed by atoms with Gasteiger partial charge in [0.05, 0.1) is 6.10 Å². The zero-order valence-electron chi connectivity index (χ0n) is 8.37.